The molecule has 1 aliphatic rings. The zero-order valence-corrected chi connectivity index (χ0v) is 10.6. The second kappa shape index (κ2) is 4.21. The number of nitrogens with zero attached hydrogens (tertiary/aromatic N) is 2. The van der Waals surface area contributed by atoms with Crippen molar-refractivity contribution in [2.24, 2.45) is 5.73 Å². The van der Waals surface area contributed by atoms with Gasteiger partial charge in [0, 0.05) is 23.9 Å². The molecular formula is C14H18N4. The van der Waals surface area contributed by atoms with Gasteiger partial charge in [-0.15, -0.1) is 0 Å². The summed E-state index contributed by atoms with van der Waals surface area (Å²) >= 11 is 0. The SMILES string of the molecule is Cc1[nH]c(C2(CN)CCC2)nc1-c1ccccn1. The van der Waals surface area contributed by atoms with Gasteiger partial charge in [-0.2, -0.15) is 0 Å². The van der Waals surface area contributed by atoms with Gasteiger partial charge in [0.05, 0.1) is 5.69 Å². The molecule has 0 saturated heterocycles. The summed E-state index contributed by atoms with van der Waals surface area (Å²) in [6.45, 7) is 2.71. The van der Waals surface area contributed by atoms with Gasteiger partial charge in [-0.1, -0.05) is 12.5 Å². The van der Waals surface area contributed by atoms with E-state index in [1.807, 2.05) is 25.1 Å². The number of pyridine rings is 1. The van der Waals surface area contributed by atoms with Crippen molar-refractivity contribution in [3.05, 3.63) is 35.9 Å². The molecule has 1 fully saturated rings. The maximum absolute atomic E-state index is 5.92. The summed E-state index contributed by atoms with van der Waals surface area (Å²) in [6.07, 6.45) is 5.32. The highest BCUT2D eigenvalue weighted by atomic mass is 15.0. The van der Waals surface area contributed by atoms with Crippen LogP contribution in [0.4, 0.5) is 0 Å². The average molecular weight is 242 g/mol. The number of H-pyrrole nitrogens is 1. The molecule has 94 valence electrons. The van der Waals surface area contributed by atoms with Crippen molar-refractivity contribution in [3.63, 3.8) is 0 Å². The Morgan fingerprint density at radius 2 is 2.22 bits per heavy atom. The van der Waals surface area contributed by atoms with E-state index in [9.17, 15) is 0 Å². The van der Waals surface area contributed by atoms with Crippen LogP contribution in [0.1, 0.15) is 30.8 Å². The average Bonchev–Trinajstić information content (AvgIpc) is 2.72. The second-order valence-electron chi connectivity index (χ2n) is 5.11. The Labute approximate surface area is 107 Å². The lowest BCUT2D eigenvalue weighted by Crippen LogP contribution is -2.42. The zero-order valence-electron chi connectivity index (χ0n) is 10.6. The standard InChI is InChI=1S/C14H18N4/c1-10-12(11-5-2-3-8-16-11)18-13(17-10)14(9-15)6-4-7-14/h2-3,5,8H,4,6-7,9,15H2,1H3,(H,17,18). The Hall–Kier alpha value is -1.68. The molecule has 0 bridgehead atoms. The molecule has 2 aromatic rings. The van der Waals surface area contributed by atoms with E-state index >= 15 is 0 Å². The van der Waals surface area contributed by atoms with Crippen LogP contribution in [0.5, 0.6) is 0 Å². The highest BCUT2D eigenvalue weighted by Gasteiger charge is 2.40. The monoisotopic (exact) mass is 242 g/mol. The first-order valence-corrected chi connectivity index (χ1v) is 6.44. The van der Waals surface area contributed by atoms with E-state index < -0.39 is 0 Å². The Balaban J connectivity index is 2.01. The zero-order chi connectivity index (χ0) is 12.6. The van der Waals surface area contributed by atoms with Crippen molar-refractivity contribution in [1.29, 1.82) is 0 Å². The Kier molecular flexibility index (Phi) is 2.67. The molecular weight excluding hydrogens is 224 g/mol. The molecule has 2 aromatic heterocycles. The van der Waals surface area contributed by atoms with Gasteiger partial charge in [-0.3, -0.25) is 4.98 Å². The third kappa shape index (κ3) is 1.64. The van der Waals surface area contributed by atoms with Crippen molar-refractivity contribution < 1.29 is 0 Å². The molecule has 18 heavy (non-hydrogen) atoms. The predicted octanol–water partition coefficient (Wildman–Crippen LogP) is 2.16. The van der Waals surface area contributed by atoms with Gasteiger partial charge < -0.3 is 10.7 Å². The minimum atomic E-state index is 0.0811. The fourth-order valence-electron chi connectivity index (χ4n) is 2.60. The van der Waals surface area contributed by atoms with Crippen molar-refractivity contribution in [2.75, 3.05) is 6.54 Å². The van der Waals surface area contributed by atoms with Crippen LogP contribution in [0, 0.1) is 6.92 Å². The highest BCUT2D eigenvalue weighted by Crippen LogP contribution is 2.42. The Bertz CT molecular complexity index is 535. The molecule has 0 aliphatic heterocycles. The molecule has 4 heteroatoms. The molecule has 2 heterocycles. The number of hydrogen-bond acceptors (Lipinski definition) is 3. The van der Waals surface area contributed by atoms with E-state index in [0.29, 0.717) is 6.54 Å². The largest absolute Gasteiger partial charge is 0.345 e. The number of aromatic amines is 1. The topological polar surface area (TPSA) is 67.6 Å². The van der Waals surface area contributed by atoms with E-state index in [2.05, 4.69) is 9.97 Å². The molecule has 3 rings (SSSR count). The minimum absolute atomic E-state index is 0.0811. The van der Waals surface area contributed by atoms with Crippen molar-refractivity contribution in [2.45, 2.75) is 31.6 Å². The fraction of sp³-hybridized carbons (Fsp3) is 0.429. The van der Waals surface area contributed by atoms with E-state index in [0.717, 1.165) is 35.7 Å². The van der Waals surface area contributed by atoms with Crippen LogP contribution in [-0.2, 0) is 5.41 Å². The van der Waals surface area contributed by atoms with Gasteiger partial charge >= 0.3 is 0 Å². The van der Waals surface area contributed by atoms with E-state index in [1.54, 1.807) is 6.20 Å². The number of nitrogens with one attached hydrogen (secondary N) is 1. The molecule has 4 nitrogen and oxygen atoms in total. The summed E-state index contributed by atoms with van der Waals surface area (Å²) in [7, 11) is 0. The Morgan fingerprint density at radius 3 is 2.78 bits per heavy atom. The second-order valence-corrected chi connectivity index (χ2v) is 5.11. The van der Waals surface area contributed by atoms with Gasteiger partial charge in [0.1, 0.15) is 11.5 Å². The van der Waals surface area contributed by atoms with E-state index in [4.69, 9.17) is 10.7 Å². The van der Waals surface area contributed by atoms with Crippen molar-refractivity contribution in [1.82, 2.24) is 15.0 Å². The van der Waals surface area contributed by atoms with Crippen LogP contribution in [0.3, 0.4) is 0 Å². The maximum Gasteiger partial charge on any atom is 0.114 e. The number of nitrogens with two attached hydrogens (primary N) is 1. The number of imidazole rings is 1. The molecule has 0 unspecified atom stereocenters. The van der Waals surface area contributed by atoms with Crippen LogP contribution in [0.15, 0.2) is 24.4 Å². The lowest BCUT2D eigenvalue weighted by molar-refractivity contribution is 0.239. The van der Waals surface area contributed by atoms with Crippen molar-refractivity contribution >= 4 is 0 Å². The Morgan fingerprint density at radius 1 is 1.39 bits per heavy atom. The summed E-state index contributed by atoms with van der Waals surface area (Å²) in [6, 6.07) is 5.89. The summed E-state index contributed by atoms with van der Waals surface area (Å²) in [5.41, 5.74) is 8.95. The number of hydrogen-bond donors (Lipinski definition) is 2. The third-order valence-electron chi connectivity index (χ3n) is 4.00. The number of aromatic nitrogens is 3. The first-order valence-electron chi connectivity index (χ1n) is 6.44. The molecule has 0 amide bonds. The number of aryl methyl sites for hydroxylation is 1. The lowest BCUT2D eigenvalue weighted by atomic mass is 9.68. The molecule has 0 radical (unpaired) electrons. The smallest absolute Gasteiger partial charge is 0.114 e. The van der Waals surface area contributed by atoms with Crippen LogP contribution in [0.2, 0.25) is 0 Å². The predicted molar refractivity (Wildman–Crippen MR) is 71.1 cm³/mol. The van der Waals surface area contributed by atoms with Gasteiger partial charge in [-0.25, -0.2) is 4.98 Å². The van der Waals surface area contributed by atoms with Crippen LogP contribution >= 0.6 is 0 Å². The van der Waals surface area contributed by atoms with Gasteiger partial charge in [0.25, 0.3) is 0 Å². The van der Waals surface area contributed by atoms with Crippen LogP contribution in [-0.4, -0.2) is 21.5 Å². The lowest BCUT2D eigenvalue weighted by Gasteiger charge is -2.39. The summed E-state index contributed by atoms with van der Waals surface area (Å²) in [5, 5.41) is 0. The first kappa shape index (κ1) is 11.4. The van der Waals surface area contributed by atoms with Gasteiger partial charge in [-0.05, 0) is 31.9 Å². The van der Waals surface area contributed by atoms with E-state index in [-0.39, 0.29) is 5.41 Å². The number of rotatable bonds is 3. The van der Waals surface area contributed by atoms with Gasteiger partial charge in [0.2, 0.25) is 0 Å². The molecule has 1 aliphatic carbocycles. The quantitative estimate of drug-likeness (QED) is 0.866. The van der Waals surface area contributed by atoms with Crippen LogP contribution < -0.4 is 5.73 Å². The summed E-state index contributed by atoms with van der Waals surface area (Å²) in [5.74, 6) is 1.04. The van der Waals surface area contributed by atoms with Crippen LogP contribution in [0.25, 0.3) is 11.4 Å². The minimum Gasteiger partial charge on any atom is -0.345 e. The van der Waals surface area contributed by atoms with Gasteiger partial charge in [0.15, 0.2) is 0 Å². The normalized spacial score (nSPS) is 17.4. The summed E-state index contributed by atoms with van der Waals surface area (Å²) in [4.78, 5) is 12.5. The highest BCUT2D eigenvalue weighted by molar-refractivity contribution is 5.57. The van der Waals surface area contributed by atoms with Crippen molar-refractivity contribution in [3.8, 4) is 11.4 Å². The van der Waals surface area contributed by atoms with E-state index in [1.165, 1.54) is 6.42 Å². The first-order chi connectivity index (χ1) is 8.75. The molecule has 0 atom stereocenters. The molecule has 0 aromatic carbocycles. The summed E-state index contributed by atoms with van der Waals surface area (Å²) < 4.78 is 0. The maximum atomic E-state index is 5.92. The third-order valence-corrected chi connectivity index (χ3v) is 4.00. The fourth-order valence-corrected chi connectivity index (χ4v) is 2.60. The molecule has 0 spiro atoms. The molecule has 3 N–H and O–H groups in total. The molecule has 1 saturated carbocycles.